The lowest BCUT2D eigenvalue weighted by atomic mass is 9.82. The van der Waals surface area contributed by atoms with Crippen LogP contribution in [0.1, 0.15) is 47.3 Å². The Morgan fingerprint density at radius 3 is 2.05 bits per heavy atom. The Bertz CT molecular complexity index is 1340. The molecule has 4 N–H and O–H groups in total. The van der Waals surface area contributed by atoms with Crippen LogP contribution in [0.4, 0.5) is 10.3 Å². The topological polar surface area (TPSA) is 150 Å². The minimum absolute atomic E-state index is 0.0149. The van der Waals surface area contributed by atoms with E-state index in [0.717, 1.165) is 52.4 Å². The number of hydrogen-bond donors (Lipinski definition) is 4. The van der Waals surface area contributed by atoms with E-state index in [1.54, 1.807) is 6.07 Å². The van der Waals surface area contributed by atoms with Crippen LogP contribution in [-0.2, 0) is 35.5 Å². The summed E-state index contributed by atoms with van der Waals surface area (Å²) in [6.45, 7) is 1.94. The molecule has 2 amide bonds. The predicted molar refractivity (Wildman–Crippen MR) is 151 cm³/mol. The molecular formula is C27H32N6O4S2. The minimum atomic E-state index is -0.201. The van der Waals surface area contributed by atoms with E-state index in [-0.39, 0.29) is 49.7 Å². The monoisotopic (exact) mass is 568 g/mol. The summed E-state index contributed by atoms with van der Waals surface area (Å²) in [6, 6.07) is 7.29. The summed E-state index contributed by atoms with van der Waals surface area (Å²) in [4.78, 5) is 24.9. The van der Waals surface area contributed by atoms with Gasteiger partial charge in [0, 0.05) is 25.2 Å². The molecule has 0 saturated heterocycles. The number of anilines is 2. The van der Waals surface area contributed by atoms with Crippen molar-refractivity contribution in [3.63, 3.8) is 0 Å². The first-order valence-electron chi connectivity index (χ1n) is 12.9. The second kappa shape index (κ2) is 14.2. The maximum atomic E-state index is 12.5. The molecule has 3 aromatic rings. The smallest absolute Gasteiger partial charge is 0.230 e. The van der Waals surface area contributed by atoms with E-state index in [1.165, 1.54) is 22.7 Å². The van der Waals surface area contributed by atoms with Crippen molar-refractivity contribution in [1.82, 2.24) is 20.4 Å². The maximum Gasteiger partial charge on any atom is 0.230 e. The van der Waals surface area contributed by atoms with Crippen LogP contribution in [0.3, 0.4) is 0 Å². The number of carbonyl (C=O) groups excluding carboxylic acids is 2. The Balaban J connectivity index is 1.16. The van der Waals surface area contributed by atoms with Gasteiger partial charge in [-0.05, 0) is 29.9 Å². The van der Waals surface area contributed by atoms with Crippen molar-refractivity contribution in [3.05, 3.63) is 69.2 Å². The Kier molecular flexibility index (Phi) is 10.4. The molecular weight excluding hydrogens is 536 g/mol. The van der Waals surface area contributed by atoms with E-state index >= 15 is 0 Å². The normalized spacial score (nSPS) is 16.6. The lowest BCUT2D eigenvalue weighted by Gasteiger charge is -2.24. The number of allylic oxidation sites excluding steroid dienone is 3. The second-order valence-corrected chi connectivity index (χ2v) is 11.5. The number of hydrogen-bond acceptors (Lipinski definition) is 10. The molecule has 1 aromatic carbocycles. The summed E-state index contributed by atoms with van der Waals surface area (Å²) >= 11 is 2.72. The SMILES string of the molecule is CC1C=CC=C(CC(=O)Nc2nnc(CCCCc3nnc(NC(=O)Cc4ccccc4CO)s3)s2)C1CO. The average molecular weight is 569 g/mol. The summed E-state index contributed by atoms with van der Waals surface area (Å²) in [5.41, 5.74) is 2.43. The van der Waals surface area contributed by atoms with Crippen molar-refractivity contribution in [3.8, 4) is 0 Å². The fourth-order valence-corrected chi connectivity index (χ4v) is 5.95. The number of nitrogens with zero attached hydrogens (tertiary/aromatic N) is 4. The molecule has 12 heteroatoms. The van der Waals surface area contributed by atoms with Crippen LogP contribution in [0.15, 0.2) is 48.1 Å². The van der Waals surface area contributed by atoms with Gasteiger partial charge in [-0.3, -0.25) is 9.59 Å². The van der Waals surface area contributed by atoms with Crippen molar-refractivity contribution >= 4 is 44.8 Å². The fourth-order valence-electron chi connectivity index (χ4n) is 4.36. The molecule has 0 fully saturated rings. The Labute approximate surface area is 234 Å². The van der Waals surface area contributed by atoms with E-state index in [4.69, 9.17) is 0 Å². The number of rotatable bonds is 13. The zero-order valence-corrected chi connectivity index (χ0v) is 23.3. The minimum Gasteiger partial charge on any atom is -0.396 e. The van der Waals surface area contributed by atoms with Gasteiger partial charge in [0.25, 0.3) is 0 Å². The van der Waals surface area contributed by atoms with Gasteiger partial charge in [0.1, 0.15) is 10.0 Å². The summed E-state index contributed by atoms with van der Waals surface area (Å²) in [5.74, 6) is -0.211. The number of unbranched alkanes of at least 4 members (excludes halogenated alkanes) is 1. The van der Waals surface area contributed by atoms with Gasteiger partial charge in [-0.1, -0.05) is 77.7 Å². The molecule has 0 saturated carbocycles. The largest absolute Gasteiger partial charge is 0.396 e. The van der Waals surface area contributed by atoms with Crippen molar-refractivity contribution in [2.75, 3.05) is 17.2 Å². The molecule has 2 unspecified atom stereocenters. The highest BCUT2D eigenvalue weighted by atomic mass is 32.1. The molecule has 0 aliphatic heterocycles. The molecule has 10 nitrogen and oxygen atoms in total. The first-order chi connectivity index (χ1) is 18.9. The first kappa shape index (κ1) is 28.7. The van der Waals surface area contributed by atoms with Gasteiger partial charge in [-0.25, -0.2) is 0 Å². The van der Waals surface area contributed by atoms with Gasteiger partial charge in [-0.2, -0.15) is 0 Å². The van der Waals surface area contributed by atoms with Crippen LogP contribution >= 0.6 is 22.7 Å². The van der Waals surface area contributed by atoms with E-state index in [9.17, 15) is 19.8 Å². The Morgan fingerprint density at radius 1 is 0.872 bits per heavy atom. The second-order valence-electron chi connectivity index (χ2n) is 9.36. The lowest BCUT2D eigenvalue weighted by molar-refractivity contribution is -0.116. The van der Waals surface area contributed by atoms with Crippen molar-refractivity contribution in [2.45, 2.75) is 52.1 Å². The van der Waals surface area contributed by atoms with Crippen LogP contribution in [-0.4, -0.2) is 49.0 Å². The van der Waals surface area contributed by atoms with Crippen molar-refractivity contribution < 1.29 is 19.8 Å². The molecule has 2 aromatic heterocycles. The first-order valence-corrected chi connectivity index (χ1v) is 14.5. The zero-order valence-electron chi connectivity index (χ0n) is 21.7. The third-order valence-corrected chi connectivity index (χ3v) is 8.29. The zero-order chi connectivity index (χ0) is 27.6. The summed E-state index contributed by atoms with van der Waals surface area (Å²) in [7, 11) is 0. The summed E-state index contributed by atoms with van der Waals surface area (Å²) in [6.07, 6.45) is 9.46. The number of nitrogens with one attached hydrogen (secondary N) is 2. The quantitative estimate of drug-likeness (QED) is 0.228. The number of amides is 2. The van der Waals surface area contributed by atoms with Crippen LogP contribution in [0.25, 0.3) is 0 Å². The molecule has 2 atom stereocenters. The summed E-state index contributed by atoms with van der Waals surface area (Å²) < 4.78 is 0. The standard InChI is InChI=1S/C27H32N6O4S2/c1-17-7-6-10-19(21(17)16-35)14-23(37)29-27-33-31-25(39-27)12-5-4-11-24-30-32-26(38-24)28-22(36)13-18-8-2-3-9-20(18)15-34/h2-3,6-10,17,21,34-35H,4-5,11-16H2,1H3,(H,28,32,36)(H,29,33,37). The van der Waals surface area contributed by atoms with Crippen LogP contribution < -0.4 is 10.6 Å². The molecule has 0 radical (unpaired) electrons. The number of carbonyl (C=O) groups is 2. The molecule has 2 heterocycles. The highest BCUT2D eigenvalue weighted by Crippen LogP contribution is 2.28. The maximum absolute atomic E-state index is 12.5. The number of aliphatic hydroxyl groups excluding tert-OH is 2. The lowest BCUT2D eigenvalue weighted by Crippen LogP contribution is -2.23. The van der Waals surface area contributed by atoms with Gasteiger partial charge in [0.2, 0.25) is 22.1 Å². The Morgan fingerprint density at radius 2 is 1.46 bits per heavy atom. The van der Waals surface area contributed by atoms with Gasteiger partial charge < -0.3 is 20.8 Å². The van der Waals surface area contributed by atoms with Crippen molar-refractivity contribution in [1.29, 1.82) is 0 Å². The average Bonchev–Trinajstić information content (AvgIpc) is 3.56. The van der Waals surface area contributed by atoms with Crippen LogP contribution in [0.5, 0.6) is 0 Å². The highest BCUT2D eigenvalue weighted by molar-refractivity contribution is 7.15. The van der Waals surface area contributed by atoms with Crippen LogP contribution in [0, 0.1) is 11.8 Å². The predicted octanol–water partition coefficient (Wildman–Crippen LogP) is 3.70. The molecule has 0 spiro atoms. The van der Waals surface area contributed by atoms with E-state index in [0.29, 0.717) is 10.3 Å². The third-order valence-electron chi connectivity index (χ3n) is 6.49. The van der Waals surface area contributed by atoms with Crippen molar-refractivity contribution in [2.24, 2.45) is 11.8 Å². The summed E-state index contributed by atoms with van der Waals surface area (Å²) in [5, 5.41) is 43.8. The molecule has 39 heavy (non-hydrogen) atoms. The number of benzene rings is 1. The number of aromatic nitrogens is 4. The third kappa shape index (κ3) is 8.33. The van der Waals surface area contributed by atoms with Gasteiger partial charge in [0.15, 0.2) is 0 Å². The molecule has 0 bridgehead atoms. The fraction of sp³-hybridized carbons (Fsp3) is 0.407. The molecule has 1 aliphatic rings. The Hall–Kier alpha value is -3.32. The van der Waals surface area contributed by atoms with E-state index in [2.05, 4.69) is 31.0 Å². The van der Waals surface area contributed by atoms with Gasteiger partial charge >= 0.3 is 0 Å². The number of aryl methyl sites for hydroxylation is 2. The van der Waals surface area contributed by atoms with E-state index < -0.39 is 0 Å². The van der Waals surface area contributed by atoms with E-state index in [1.807, 2.05) is 43.4 Å². The van der Waals surface area contributed by atoms with Gasteiger partial charge in [-0.15, -0.1) is 20.4 Å². The highest BCUT2D eigenvalue weighted by Gasteiger charge is 2.23. The molecule has 4 rings (SSSR count). The molecule has 206 valence electrons. The molecule has 1 aliphatic carbocycles. The van der Waals surface area contributed by atoms with Crippen LogP contribution in [0.2, 0.25) is 0 Å². The van der Waals surface area contributed by atoms with Gasteiger partial charge in [0.05, 0.1) is 19.6 Å². The number of aliphatic hydroxyl groups is 2.